The minimum absolute atomic E-state index is 0.192. The van der Waals surface area contributed by atoms with Crippen LogP contribution in [-0.2, 0) is 6.42 Å². The molecule has 3 aromatic rings. The van der Waals surface area contributed by atoms with Crippen molar-refractivity contribution in [2.75, 3.05) is 18.0 Å². The van der Waals surface area contributed by atoms with Crippen molar-refractivity contribution in [3.63, 3.8) is 0 Å². The lowest BCUT2D eigenvalue weighted by molar-refractivity contribution is 0.0954. The smallest absolute Gasteiger partial charge is 0.276 e. The highest BCUT2D eigenvalue weighted by atomic mass is 19.1. The molecule has 1 aromatic heterocycles. The van der Waals surface area contributed by atoms with Crippen LogP contribution in [0.2, 0.25) is 0 Å². The van der Waals surface area contributed by atoms with Gasteiger partial charge in [0.05, 0.1) is 0 Å². The summed E-state index contributed by atoms with van der Waals surface area (Å²) in [4.78, 5) is 31.1. The van der Waals surface area contributed by atoms with E-state index in [0.717, 1.165) is 5.69 Å². The molecule has 0 aliphatic carbocycles. The average molecular weight is 391 g/mol. The number of para-hydroxylation sites is 1. The first kappa shape index (κ1) is 20.2. The maximum absolute atomic E-state index is 13.7. The van der Waals surface area contributed by atoms with Crippen molar-refractivity contribution >= 4 is 17.5 Å². The third-order valence-corrected chi connectivity index (χ3v) is 4.51. The number of aromatic nitrogens is 1. The van der Waals surface area contributed by atoms with Gasteiger partial charge in [0, 0.05) is 30.5 Å². The molecule has 0 aliphatic rings. The molecule has 1 heterocycles. The Bertz CT molecular complexity index is 992. The van der Waals surface area contributed by atoms with Crippen LogP contribution in [-0.4, -0.2) is 29.9 Å². The predicted molar refractivity (Wildman–Crippen MR) is 110 cm³/mol. The monoisotopic (exact) mass is 391 g/mol. The molecule has 0 fully saturated rings. The zero-order valence-corrected chi connectivity index (χ0v) is 16.1. The summed E-state index contributed by atoms with van der Waals surface area (Å²) in [6.45, 7) is 2.64. The number of rotatable bonds is 7. The standard InChI is InChI=1S/C23H22FN3O2/c1-2-27(19-9-4-3-5-10-19)23(29)21-16-18(13-14-25-21)22(28)26-15-12-17-8-6-7-11-20(17)24/h3-11,13-14,16H,2,12,15H2,1H3,(H,26,28). The quantitative estimate of drug-likeness (QED) is 0.665. The fourth-order valence-corrected chi connectivity index (χ4v) is 2.99. The lowest BCUT2D eigenvalue weighted by Crippen LogP contribution is -2.32. The van der Waals surface area contributed by atoms with E-state index in [4.69, 9.17) is 0 Å². The molecule has 5 nitrogen and oxygen atoms in total. The summed E-state index contributed by atoms with van der Waals surface area (Å²) in [7, 11) is 0. The molecule has 3 rings (SSSR count). The maximum atomic E-state index is 13.7. The molecule has 2 amide bonds. The van der Waals surface area contributed by atoms with E-state index in [0.29, 0.717) is 24.1 Å². The molecule has 0 saturated carbocycles. The van der Waals surface area contributed by atoms with Gasteiger partial charge in [-0.3, -0.25) is 14.6 Å². The molecule has 0 unspecified atom stereocenters. The van der Waals surface area contributed by atoms with Crippen molar-refractivity contribution in [3.8, 4) is 0 Å². The van der Waals surface area contributed by atoms with Crippen molar-refractivity contribution in [1.29, 1.82) is 0 Å². The SMILES string of the molecule is CCN(C(=O)c1cc(C(=O)NCCc2ccccc2F)ccn1)c1ccccc1. The summed E-state index contributed by atoms with van der Waals surface area (Å²) in [6, 6.07) is 18.8. The van der Waals surface area contributed by atoms with Gasteiger partial charge in [0.2, 0.25) is 0 Å². The number of nitrogens with zero attached hydrogens (tertiary/aromatic N) is 2. The van der Waals surface area contributed by atoms with Crippen LogP contribution in [0.25, 0.3) is 0 Å². The number of hydrogen-bond donors (Lipinski definition) is 1. The van der Waals surface area contributed by atoms with Crippen LogP contribution in [0.15, 0.2) is 72.9 Å². The topological polar surface area (TPSA) is 62.3 Å². The molecule has 0 saturated heterocycles. The summed E-state index contributed by atoms with van der Waals surface area (Å²) in [6.07, 6.45) is 1.82. The van der Waals surface area contributed by atoms with Gasteiger partial charge in [-0.15, -0.1) is 0 Å². The van der Waals surface area contributed by atoms with E-state index in [9.17, 15) is 14.0 Å². The van der Waals surface area contributed by atoms with Crippen LogP contribution in [0.5, 0.6) is 0 Å². The number of benzene rings is 2. The zero-order valence-electron chi connectivity index (χ0n) is 16.1. The van der Waals surface area contributed by atoms with E-state index in [1.54, 1.807) is 29.2 Å². The summed E-state index contributed by atoms with van der Waals surface area (Å²) < 4.78 is 13.7. The Morgan fingerprint density at radius 3 is 2.48 bits per heavy atom. The first-order valence-electron chi connectivity index (χ1n) is 9.44. The van der Waals surface area contributed by atoms with Crippen LogP contribution in [0.3, 0.4) is 0 Å². The molecule has 0 spiro atoms. The third kappa shape index (κ3) is 5.04. The third-order valence-electron chi connectivity index (χ3n) is 4.51. The van der Waals surface area contributed by atoms with Crippen LogP contribution < -0.4 is 10.2 Å². The van der Waals surface area contributed by atoms with Gasteiger partial charge in [0.1, 0.15) is 11.5 Å². The zero-order chi connectivity index (χ0) is 20.6. The van der Waals surface area contributed by atoms with Gasteiger partial charge >= 0.3 is 0 Å². The second-order valence-corrected chi connectivity index (χ2v) is 6.41. The van der Waals surface area contributed by atoms with E-state index >= 15 is 0 Å². The Kier molecular flexibility index (Phi) is 6.68. The Balaban J connectivity index is 1.67. The Morgan fingerprint density at radius 1 is 1.03 bits per heavy atom. The summed E-state index contributed by atoms with van der Waals surface area (Å²) >= 11 is 0. The summed E-state index contributed by atoms with van der Waals surface area (Å²) in [5.41, 5.74) is 1.83. The number of carbonyl (C=O) groups is 2. The summed E-state index contributed by atoms with van der Waals surface area (Å²) in [5.74, 6) is -0.903. The molecule has 29 heavy (non-hydrogen) atoms. The largest absolute Gasteiger partial charge is 0.352 e. The molecular formula is C23H22FN3O2. The van der Waals surface area contributed by atoms with Crippen LogP contribution in [0.4, 0.5) is 10.1 Å². The van der Waals surface area contributed by atoms with Gasteiger partial charge in [-0.1, -0.05) is 36.4 Å². The fraction of sp³-hybridized carbons (Fsp3) is 0.174. The van der Waals surface area contributed by atoms with Crippen molar-refractivity contribution in [3.05, 3.63) is 95.6 Å². The van der Waals surface area contributed by atoms with Gasteiger partial charge in [-0.2, -0.15) is 0 Å². The molecule has 0 aliphatic heterocycles. The fourth-order valence-electron chi connectivity index (χ4n) is 2.99. The highest BCUT2D eigenvalue weighted by molar-refractivity contribution is 6.06. The number of pyridine rings is 1. The molecule has 6 heteroatoms. The average Bonchev–Trinajstić information content (AvgIpc) is 2.76. The van der Waals surface area contributed by atoms with Crippen LogP contribution >= 0.6 is 0 Å². The van der Waals surface area contributed by atoms with E-state index < -0.39 is 0 Å². The maximum Gasteiger partial charge on any atom is 0.276 e. The minimum atomic E-state index is -0.333. The van der Waals surface area contributed by atoms with Crippen LogP contribution in [0, 0.1) is 5.82 Å². The van der Waals surface area contributed by atoms with Crippen molar-refractivity contribution < 1.29 is 14.0 Å². The molecule has 0 bridgehead atoms. The van der Waals surface area contributed by atoms with Crippen molar-refractivity contribution in [2.45, 2.75) is 13.3 Å². The molecular weight excluding hydrogens is 369 g/mol. The van der Waals surface area contributed by atoms with E-state index in [2.05, 4.69) is 10.3 Å². The molecule has 2 aromatic carbocycles. The molecule has 0 atom stereocenters. The number of hydrogen-bond acceptors (Lipinski definition) is 3. The van der Waals surface area contributed by atoms with E-state index in [1.165, 1.54) is 18.3 Å². The highest BCUT2D eigenvalue weighted by Gasteiger charge is 2.18. The lowest BCUT2D eigenvalue weighted by atomic mass is 10.1. The number of amides is 2. The summed E-state index contributed by atoms with van der Waals surface area (Å²) in [5, 5.41) is 2.76. The normalized spacial score (nSPS) is 10.4. The number of anilines is 1. The van der Waals surface area contributed by atoms with E-state index in [1.807, 2.05) is 37.3 Å². The Labute approximate surface area is 169 Å². The predicted octanol–water partition coefficient (Wildman–Crippen LogP) is 3.86. The van der Waals surface area contributed by atoms with Crippen molar-refractivity contribution in [1.82, 2.24) is 10.3 Å². The van der Waals surface area contributed by atoms with Gasteiger partial charge in [-0.05, 0) is 49.2 Å². The van der Waals surface area contributed by atoms with Gasteiger partial charge < -0.3 is 10.2 Å². The first-order chi connectivity index (χ1) is 14.1. The Morgan fingerprint density at radius 2 is 1.76 bits per heavy atom. The van der Waals surface area contributed by atoms with E-state index in [-0.39, 0.29) is 29.9 Å². The number of carbonyl (C=O) groups excluding carboxylic acids is 2. The van der Waals surface area contributed by atoms with Gasteiger partial charge in [0.25, 0.3) is 11.8 Å². The molecule has 0 radical (unpaired) electrons. The van der Waals surface area contributed by atoms with Crippen LogP contribution in [0.1, 0.15) is 33.3 Å². The second kappa shape index (κ2) is 9.59. The van der Waals surface area contributed by atoms with Gasteiger partial charge in [0.15, 0.2) is 0 Å². The van der Waals surface area contributed by atoms with Crippen molar-refractivity contribution in [2.24, 2.45) is 0 Å². The highest BCUT2D eigenvalue weighted by Crippen LogP contribution is 2.16. The number of halogens is 1. The van der Waals surface area contributed by atoms with Gasteiger partial charge in [-0.25, -0.2) is 4.39 Å². The lowest BCUT2D eigenvalue weighted by Gasteiger charge is -2.20. The molecule has 148 valence electrons. The second-order valence-electron chi connectivity index (χ2n) is 6.41. The molecule has 1 N–H and O–H groups in total. The first-order valence-corrected chi connectivity index (χ1v) is 9.44. The number of nitrogens with one attached hydrogen (secondary N) is 1. The minimum Gasteiger partial charge on any atom is -0.352 e. The Hall–Kier alpha value is -3.54.